The van der Waals surface area contributed by atoms with E-state index in [1.807, 2.05) is 7.05 Å². The van der Waals surface area contributed by atoms with E-state index in [0.29, 0.717) is 5.41 Å². The topological polar surface area (TPSA) is 48.9 Å². The summed E-state index contributed by atoms with van der Waals surface area (Å²) in [6, 6.07) is 0. The number of nitrogens with zero attached hydrogens (tertiary/aromatic N) is 2. The van der Waals surface area contributed by atoms with E-state index in [2.05, 4.69) is 20.5 Å². The molecule has 5 heteroatoms. The molecule has 1 heterocycles. The lowest BCUT2D eigenvalue weighted by molar-refractivity contribution is 0.138. The van der Waals surface area contributed by atoms with Crippen LogP contribution in [0.25, 0.3) is 0 Å². The Kier molecular flexibility index (Phi) is 8.17. The molecule has 0 aromatic carbocycles. The maximum absolute atomic E-state index is 5.31. The lowest BCUT2D eigenvalue weighted by Gasteiger charge is -2.30. The maximum atomic E-state index is 5.31. The van der Waals surface area contributed by atoms with Gasteiger partial charge in [0.05, 0.1) is 0 Å². The molecule has 23 heavy (non-hydrogen) atoms. The second kappa shape index (κ2) is 10.1. The first-order valence-corrected chi connectivity index (χ1v) is 9.44. The van der Waals surface area contributed by atoms with Gasteiger partial charge >= 0.3 is 0 Å². The fraction of sp³-hybridized carbons (Fsp3) is 0.944. The molecule has 1 aliphatic heterocycles. The molecule has 2 rings (SSSR count). The van der Waals surface area contributed by atoms with Gasteiger partial charge in [-0.15, -0.1) is 0 Å². The number of aliphatic imine (C=N–C) groups is 1. The van der Waals surface area contributed by atoms with Gasteiger partial charge in [0.1, 0.15) is 0 Å². The van der Waals surface area contributed by atoms with Gasteiger partial charge in [0, 0.05) is 33.9 Å². The van der Waals surface area contributed by atoms with Crippen LogP contribution in [0.1, 0.15) is 51.4 Å². The van der Waals surface area contributed by atoms with Crippen molar-refractivity contribution in [2.75, 3.05) is 53.5 Å². The number of likely N-dealkylation sites (tertiary alicyclic amines) is 1. The zero-order chi connectivity index (χ0) is 16.4. The average Bonchev–Trinajstić information content (AvgIpc) is 3.25. The van der Waals surface area contributed by atoms with E-state index in [0.717, 1.165) is 32.1 Å². The highest BCUT2D eigenvalue weighted by molar-refractivity contribution is 5.79. The molecule has 5 nitrogen and oxygen atoms in total. The monoisotopic (exact) mass is 324 g/mol. The van der Waals surface area contributed by atoms with Gasteiger partial charge in [0.15, 0.2) is 5.96 Å². The zero-order valence-electron chi connectivity index (χ0n) is 15.2. The summed E-state index contributed by atoms with van der Waals surface area (Å²) in [5.74, 6) is 0.954. The van der Waals surface area contributed by atoms with E-state index in [9.17, 15) is 0 Å². The standard InChI is InChI=1S/C18H36N4O/c1-19-17(20-11-7-14-22-12-5-6-13-22)21-16-18(10-15-23-2)8-3-4-9-18/h3-16H2,1-2H3,(H2,19,20,21). The summed E-state index contributed by atoms with van der Waals surface area (Å²) >= 11 is 0. The van der Waals surface area contributed by atoms with Crippen LogP contribution in [0.15, 0.2) is 4.99 Å². The summed E-state index contributed by atoms with van der Waals surface area (Å²) in [4.78, 5) is 6.94. The Morgan fingerprint density at radius 2 is 1.87 bits per heavy atom. The Bertz CT molecular complexity index is 347. The van der Waals surface area contributed by atoms with Crippen molar-refractivity contribution >= 4 is 5.96 Å². The van der Waals surface area contributed by atoms with Crippen LogP contribution in [0.2, 0.25) is 0 Å². The first kappa shape index (κ1) is 18.5. The van der Waals surface area contributed by atoms with Crippen molar-refractivity contribution in [2.24, 2.45) is 10.4 Å². The quantitative estimate of drug-likeness (QED) is 0.388. The Labute approximate surface area is 142 Å². The molecule has 1 aliphatic carbocycles. The van der Waals surface area contributed by atoms with Crippen LogP contribution < -0.4 is 10.6 Å². The molecule has 0 unspecified atom stereocenters. The number of nitrogens with one attached hydrogen (secondary N) is 2. The van der Waals surface area contributed by atoms with Gasteiger partial charge in [-0.1, -0.05) is 12.8 Å². The Morgan fingerprint density at radius 3 is 2.52 bits per heavy atom. The maximum Gasteiger partial charge on any atom is 0.190 e. The summed E-state index contributed by atoms with van der Waals surface area (Å²) in [6.07, 6.45) is 10.4. The van der Waals surface area contributed by atoms with Gasteiger partial charge in [0.2, 0.25) is 0 Å². The number of ether oxygens (including phenoxy) is 1. The highest BCUT2D eigenvalue weighted by Crippen LogP contribution is 2.40. The first-order valence-electron chi connectivity index (χ1n) is 9.44. The van der Waals surface area contributed by atoms with E-state index >= 15 is 0 Å². The molecule has 1 saturated carbocycles. The van der Waals surface area contributed by atoms with Gasteiger partial charge < -0.3 is 20.3 Å². The molecular weight excluding hydrogens is 288 g/mol. The van der Waals surface area contributed by atoms with Crippen LogP contribution in [0.4, 0.5) is 0 Å². The van der Waals surface area contributed by atoms with E-state index in [-0.39, 0.29) is 0 Å². The Balaban J connectivity index is 1.64. The van der Waals surface area contributed by atoms with Gasteiger partial charge in [0.25, 0.3) is 0 Å². The molecule has 0 spiro atoms. The fourth-order valence-electron chi connectivity index (χ4n) is 3.97. The molecule has 0 bridgehead atoms. The van der Waals surface area contributed by atoms with Crippen LogP contribution in [0.5, 0.6) is 0 Å². The van der Waals surface area contributed by atoms with Crippen molar-refractivity contribution in [3.63, 3.8) is 0 Å². The number of methoxy groups -OCH3 is 1. The minimum Gasteiger partial charge on any atom is -0.385 e. The molecule has 0 radical (unpaired) electrons. The molecule has 0 atom stereocenters. The van der Waals surface area contributed by atoms with Crippen LogP contribution in [0.3, 0.4) is 0 Å². The highest BCUT2D eigenvalue weighted by Gasteiger charge is 2.33. The number of rotatable bonds is 9. The average molecular weight is 325 g/mol. The van der Waals surface area contributed by atoms with Crippen molar-refractivity contribution in [3.8, 4) is 0 Å². The highest BCUT2D eigenvalue weighted by atomic mass is 16.5. The van der Waals surface area contributed by atoms with Crippen molar-refractivity contribution in [2.45, 2.75) is 51.4 Å². The molecule has 2 aliphatic rings. The van der Waals surface area contributed by atoms with Crippen LogP contribution in [-0.2, 0) is 4.74 Å². The van der Waals surface area contributed by atoms with Crippen molar-refractivity contribution < 1.29 is 4.74 Å². The molecule has 0 amide bonds. The number of guanidine groups is 1. The normalized spacial score (nSPS) is 21.7. The Morgan fingerprint density at radius 1 is 1.13 bits per heavy atom. The van der Waals surface area contributed by atoms with Gasteiger partial charge in [-0.25, -0.2) is 0 Å². The zero-order valence-corrected chi connectivity index (χ0v) is 15.2. The minimum atomic E-state index is 0.406. The largest absolute Gasteiger partial charge is 0.385 e. The minimum absolute atomic E-state index is 0.406. The van der Waals surface area contributed by atoms with Crippen LogP contribution in [0, 0.1) is 5.41 Å². The molecule has 0 aromatic heterocycles. The van der Waals surface area contributed by atoms with Crippen molar-refractivity contribution in [1.29, 1.82) is 0 Å². The van der Waals surface area contributed by atoms with Gasteiger partial charge in [-0.2, -0.15) is 0 Å². The summed E-state index contributed by atoms with van der Waals surface area (Å²) in [5.41, 5.74) is 0.406. The molecule has 2 N–H and O–H groups in total. The smallest absolute Gasteiger partial charge is 0.190 e. The summed E-state index contributed by atoms with van der Waals surface area (Å²) in [5, 5.41) is 7.03. The molecule has 1 saturated heterocycles. The third kappa shape index (κ3) is 6.30. The second-order valence-corrected chi connectivity index (χ2v) is 7.20. The van der Waals surface area contributed by atoms with E-state index in [4.69, 9.17) is 4.74 Å². The van der Waals surface area contributed by atoms with Gasteiger partial charge in [-0.05, 0) is 63.6 Å². The van der Waals surface area contributed by atoms with E-state index in [1.54, 1.807) is 7.11 Å². The van der Waals surface area contributed by atoms with Crippen molar-refractivity contribution in [3.05, 3.63) is 0 Å². The second-order valence-electron chi connectivity index (χ2n) is 7.20. The van der Waals surface area contributed by atoms with Crippen LogP contribution >= 0.6 is 0 Å². The van der Waals surface area contributed by atoms with Crippen molar-refractivity contribution in [1.82, 2.24) is 15.5 Å². The third-order valence-electron chi connectivity index (χ3n) is 5.50. The summed E-state index contributed by atoms with van der Waals surface area (Å²) < 4.78 is 5.31. The molecule has 2 fully saturated rings. The summed E-state index contributed by atoms with van der Waals surface area (Å²) in [7, 11) is 3.67. The first-order chi connectivity index (χ1) is 11.3. The number of hydrogen-bond donors (Lipinski definition) is 2. The predicted octanol–water partition coefficient (Wildman–Crippen LogP) is 2.23. The van der Waals surface area contributed by atoms with Crippen LogP contribution in [-0.4, -0.2) is 64.3 Å². The lowest BCUT2D eigenvalue weighted by Crippen LogP contribution is -2.44. The predicted molar refractivity (Wildman–Crippen MR) is 97.0 cm³/mol. The number of hydrogen-bond acceptors (Lipinski definition) is 3. The molecular formula is C18H36N4O. The lowest BCUT2D eigenvalue weighted by atomic mass is 9.83. The van der Waals surface area contributed by atoms with E-state index < -0.39 is 0 Å². The Hall–Kier alpha value is -0.810. The SMILES string of the molecule is CN=C(NCCCN1CCCC1)NCC1(CCOC)CCCC1. The molecule has 0 aromatic rings. The summed E-state index contributed by atoms with van der Waals surface area (Å²) in [6.45, 7) is 6.67. The third-order valence-corrected chi connectivity index (χ3v) is 5.50. The molecule has 134 valence electrons. The van der Waals surface area contributed by atoms with E-state index in [1.165, 1.54) is 64.6 Å². The fourth-order valence-corrected chi connectivity index (χ4v) is 3.97. The van der Waals surface area contributed by atoms with Gasteiger partial charge in [-0.3, -0.25) is 4.99 Å².